The van der Waals surface area contributed by atoms with E-state index in [1.54, 1.807) is 0 Å². The summed E-state index contributed by atoms with van der Waals surface area (Å²) in [5.41, 5.74) is 4.23. The van der Waals surface area contributed by atoms with E-state index in [4.69, 9.17) is 14.1 Å². The lowest BCUT2D eigenvalue weighted by atomic mass is 10.1. The van der Waals surface area contributed by atoms with Gasteiger partial charge in [-0.2, -0.15) is 0 Å². The van der Waals surface area contributed by atoms with Crippen LogP contribution in [0.2, 0.25) is 0 Å². The molecular formula is C18H20N2O2. The lowest BCUT2D eigenvalue weighted by Crippen LogP contribution is -2.35. The number of aryl methyl sites for hydroxylation is 2. The Bertz CT molecular complexity index is 832. The third kappa shape index (κ3) is 2.38. The number of fused-ring (bicyclic) bond motifs is 3. The predicted octanol–water partition coefficient (Wildman–Crippen LogP) is 3.43. The third-order valence-electron chi connectivity index (χ3n) is 4.34. The zero-order valence-corrected chi connectivity index (χ0v) is 13.1. The lowest BCUT2D eigenvalue weighted by Gasteiger charge is -2.25. The van der Waals surface area contributed by atoms with E-state index in [0.717, 1.165) is 66.2 Å². The first-order valence-electron chi connectivity index (χ1n) is 7.80. The normalized spacial score (nSPS) is 16.6. The van der Waals surface area contributed by atoms with Gasteiger partial charge in [0.05, 0.1) is 25.3 Å². The zero-order chi connectivity index (χ0) is 15.1. The average Bonchev–Trinajstić information content (AvgIpc) is 2.94. The highest BCUT2D eigenvalue weighted by atomic mass is 16.5. The van der Waals surface area contributed by atoms with E-state index < -0.39 is 0 Å². The van der Waals surface area contributed by atoms with E-state index >= 15 is 0 Å². The Morgan fingerprint density at radius 3 is 2.73 bits per heavy atom. The van der Waals surface area contributed by atoms with Crippen molar-refractivity contribution < 1.29 is 9.15 Å². The van der Waals surface area contributed by atoms with Crippen LogP contribution >= 0.6 is 0 Å². The maximum Gasteiger partial charge on any atom is 0.145 e. The minimum Gasteiger partial charge on any atom is -0.459 e. The first-order valence-corrected chi connectivity index (χ1v) is 7.80. The van der Waals surface area contributed by atoms with Gasteiger partial charge in [0, 0.05) is 29.6 Å². The fourth-order valence-corrected chi connectivity index (χ4v) is 3.14. The summed E-state index contributed by atoms with van der Waals surface area (Å²) in [6.07, 6.45) is 0. The van der Waals surface area contributed by atoms with Gasteiger partial charge in [-0.05, 0) is 32.0 Å². The lowest BCUT2D eigenvalue weighted by molar-refractivity contribution is 0.0315. The largest absolute Gasteiger partial charge is 0.459 e. The number of aromatic nitrogens is 1. The van der Waals surface area contributed by atoms with Gasteiger partial charge in [-0.3, -0.25) is 9.88 Å². The van der Waals surface area contributed by atoms with Gasteiger partial charge in [0.1, 0.15) is 11.3 Å². The van der Waals surface area contributed by atoms with Crippen LogP contribution in [-0.2, 0) is 11.3 Å². The molecule has 0 atom stereocenters. The molecule has 4 nitrogen and oxygen atoms in total. The molecule has 0 saturated carbocycles. The molecule has 3 heterocycles. The number of benzene rings is 1. The molecule has 3 aromatic rings. The number of morpholine rings is 1. The summed E-state index contributed by atoms with van der Waals surface area (Å²) in [4.78, 5) is 7.08. The fraction of sp³-hybridized carbons (Fsp3) is 0.389. The number of rotatable bonds is 2. The molecule has 0 bridgehead atoms. The summed E-state index contributed by atoms with van der Waals surface area (Å²) in [6.45, 7) is 8.54. The van der Waals surface area contributed by atoms with Crippen molar-refractivity contribution in [3.63, 3.8) is 0 Å². The summed E-state index contributed by atoms with van der Waals surface area (Å²) in [5, 5.41) is 2.23. The smallest absolute Gasteiger partial charge is 0.145 e. The van der Waals surface area contributed by atoms with E-state index in [-0.39, 0.29) is 0 Å². The number of nitrogens with zero attached hydrogens (tertiary/aromatic N) is 2. The van der Waals surface area contributed by atoms with Crippen LogP contribution < -0.4 is 0 Å². The Morgan fingerprint density at radius 1 is 1.09 bits per heavy atom. The number of pyridine rings is 1. The second-order valence-electron chi connectivity index (χ2n) is 6.06. The highest BCUT2D eigenvalue weighted by molar-refractivity contribution is 6.03. The molecule has 1 aromatic carbocycles. The Morgan fingerprint density at radius 2 is 1.91 bits per heavy atom. The van der Waals surface area contributed by atoms with Gasteiger partial charge in [0.2, 0.25) is 0 Å². The van der Waals surface area contributed by atoms with Crippen molar-refractivity contribution in [3.8, 4) is 0 Å². The van der Waals surface area contributed by atoms with Crippen LogP contribution in [0.4, 0.5) is 0 Å². The zero-order valence-electron chi connectivity index (χ0n) is 13.1. The Kier molecular flexibility index (Phi) is 3.36. The number of hydrogen-bond acceptors (Lipinski definition) is 4. The first-order chi connectivity index (χ1) is 10.7. The number of hydrogen-bond donors (Lipinski definition) is 0. The molecule has 0 amide bonds. The first kappa shape index (κ1) is 13.7. The molecule has 4 heteroatoms. The van der Waals surface area contributed by atoms with Crippen LogP contribution in [0.3, 0.4) is 0 Å². The molecular weight excluding hydrogens is 276 g/mol. The fourth-order valence-electron chi connectivity index (χ4n) is 3.14. The van der Waals surface area contributed by atoms with Gasteiger partial charge in [-0.15, -0.1) is 0 Å². The van der Waals surface area contributed by atoms with Gasteiger partial charge < -0.3 is 9.15 Å². The third-order valence-corrected chi connectivity index (χ3v) is 4.34. The summed E-state index contributed by atoms with van der Waals surface area (Å²) in [7, 11) is 0. The van der Waals surface area contributed by atoms with Gasteiger partial charge in [-0.1, -0.05) is 11.6 Å². The molecule has 1 saturated heterocycles. The van der Waals surface area contributed by atoms with Crippen molar-refractivity contribution in [2.45, 2.75) is 20.4 Å². The van der Waals surface area contributed by atoms with Gasteiger partial charge in [0.25, 0.3) is 0 Å². The van der Waals surface area contributed by atoms with E-state index in [0.29, 0.717) is 0 Å². The SMILES string of the molecule is Cc1ccc2nc(C)c3cc(CN4CCOCC4)oc3c2c1. The molecule has 0 unspecified atom stereocenters. The van der Waals surface area contributed by atoms with E-state index in [1.807, 2.05) is 0 Å². The maximum absolute atomic E-state index is 6.20. The van der Waals surface area contributed by atoms with Crippen molar-refractivity contribution in [3.05, 3.63) is 41.3 Å². The molecule has 0 aliphatic carbocycles. The van der Waals surface area contributed by atoms with Crippen molar-refractivity contribution in [1.82, 2.24) is 9.88 Å². The predicted molar refractivity (Wildman–Crippen MR) is 87.1 cm³/mol. The molecule has 1 aliphatic rings. The second-order valence-corrected chi connectivity index (χ2v) is 6.06. The van der Waals surface area contributed by atoms with Crippen molar-refractivity contribution in [1.29, 1.82) is 0 Å². The van der Waals surface area contributed by atoms with E-state index in [1.165, 1.54) is 5.56 Å². The second kappa shape index (κ2) is 5.38. The number of furan rings is 1. The van der Waals surface area contributed by atoms with Gasteiger partial charge in [0.15, 0.2) is 0 Å². The Balaban J connectivity index is 1.80. The van der Waals surface area contributed by atoms with E-state index in [9.17, 15) is 0 Å². The van der Waals surface area contributed by atoms with Crippen molar-refractivity contribution in [2.24, 2.45) is 0 Å². The van der Waals surface area contributed by atoms with Crippen molar-refractivity contribution in [2.75, 3.05) is 26.3 Å². The summed E-state index contributed by atoms with van der Waals surface area (Å²) in [5.74, 6) is 1.01. The van der Waals surface area contributed by atoms with E-state index in [2.05, 4.69) is 43.0 Å². The highest BCUT2D eigenvalue weighted by Crippen LogP contribution is 2.30. The van der Waals surface area contributed by atoms with Crippen LogP contribution in [-0.4, -0.2) is 36.2 Å². The topological polar surface area (TPSA) is 38.5 Å². The molecule has 1 aliphatic heterocycles. The number of ether oxygens (including phenoxy) is 1. The Hall–Kier alpha value is -1.91. The van der Waals surface area contributed by atoms with Crippen LogP contribution in [0.1, 0.15) is 17.0 Å². The molecule has 4 rings (SSSR count). The van der Waals surface area contributed by atoms with Gasteiger partial charge >= 0.3 is 0 Å². The average molecular weight is 296 g/mol. The van der Waals surface area contributed by atoms with Crippen molar-refractivity contribution >= 4 is 21.9 Å². The molecule has 114 valence electrons. The van der Waals surface area contributed by atoms with Crippen LogP contribution in [0.15, 0.2) is 28.7 Å². The van der Waals surface area contributed by atoms with Crippen LogP contribution in [0, 0.1) is 13.8 Å². The quantitative estimate of drug-likeness (QED) is 0.726. The summed E-state index contributed by atoms with van der Waals surface area (Å²) < 4.78 is 11.6. The maximum atomic E-state index is 6.20. The minimum atomic E-state index is 0.808. The molecule has 0 spiro atoms. The molecule has 2 aromatic heterocycles. The summed E-state index contributed by atoms with van der Waals surface area (Å²) in [6, 6.07) is 8.47. The highest BCUT2D eigenvalue weighted by Gasteiger charge is 2.16. The standard InChI is InChI=1S/C18H20N2O2/c1-12-3-4-17-16(9-12)18-15(13(2)19-17)10-14(22-18)11-20-5-7-21-8-6-20/h3-4,9-10H,5-8,11H2,1-2H3. The summed E-state index contributed by atoms with van der Waals surface area (Å²) >= 11 is 0. The molecule has 22 heavy (non-hydrogen) atoms. The Labute approximate surface area is 129 Å². The molecule has 0 radical (unpaired) electrons. The monoisotopic (exact) mass is 296 g/mol. The molecule has 0 N–H and O–H groups in total. The van der Waals surface area contributed by atoms with Gasteiger partial charge in [-0.25, -0.2) is 0 Å². The minimum absolute atomic E-state index is 0.808. The van der Waals surface area contributed by atoms with Crippen LogP contribution in [0.25, 0.3) is 21.9 Å². The van der Waals surface area contributed by atoms with Crippen LogP contribution in [0.5, 0.6) is 0 Å². The molecule has 1 fully saturated rings.